The van der Waals surface area contributed by atoms with Gasteiger partial charge < -0.3 is 14.8 Å². The number of aryl methyl sites for hydroxylation is 1. The summed E-state index contributed by atoms with van der Waals surface area (Å²) >= 11 is 6.16. The van der Waals surface area contributed by atoms with Crippen molar-refractivity contribution in [3.63, 3.8) is 0 Å². The summed E-state index contributed by atoms with van der Waals surface area (Å²) in [4.78, 5) is 12.1. The molecule has 0 aliphatic heterocycles. The Morgan fingerprint density at radius 2 is 2.11 bits per heavy atom. The number of nitrogens with zero attached hydrogens (tertiary/aromatic N) is 2. The minimum absolute atomic E-state index is 0.0285. The summed E-state index contributed by atoms with van der Waals surface area (Å²) in [6.07, 6.45) is 4.34. The fourth-order valence-corrected chi connectivity index (χ4v) is 2.90. The van der Waals surface area contributed by atoms with Crippen LogP contribution in [0.3, 0.4) is 0 Å². The van der Waals surface area contributed by atoms with Crippen molar-refractivity contribution in [1.29, 1.82) is 0 Å². The second-order valence-corrected chi connectivity index (χ2v) is 6.95. The van der Waals surface area contributed by atoms with Crippen LogP contribution in [0.1, 0.15) is 45.2 Å². The number of halogens is 1. The Bertz CT molecular complexity index is 806. The maximum Gasteiger partial charge on any atom is 0.287 e. The van der Waals surface area contributed by atoms with Crippen LogP contribution in [-0.2, 0) is 6.42 Å². The van der Waals surface area contributed by atoms with Crippen molar-refractivity contribution in [2.45, 2.75) is 46.1 Å². The van der Waals surface area contributed by atoms with Crippen LogP contribution in [0.4, 0.5) is 5.69 Å². The van der Waals surface area contributed by atoms with Gasteiger partial charge in [-0.1, -0.05) is 24.9 Å². The van der Waals surface area contributed by atoms with E-state index in [1.54, 1.807) is 13.3 Å². The monoisotopic (exact) mass is 393 g/mol. The molecule has 0 radical (unpaired) electrons. The van der Waals surface area contributed by atoms with E-state index in [4.69, 9.17) is 21.1 Å². The molecule has 0 saturated carbocycles. The van der Waals surface area contributed by atoms with Gasteiger partial charge in [0.25, 0.3) is 5.56 Å². The average Bonchev–Trinajstić information content (AvgIpc) is 2.65. The van der Waals surface area contributed by atoms with Gasteiger partial charge in [-0.2, -0.15) is 5.10 Å². The van der Waals surface area contributed by atoms with Crippen molar-refractivity contribution in [3.8, 4) is 11.5 Å². The first kappa shape index (κ1) is 21.1. The number of aromatic nitrogens is 2. The van der Waals surface area contributed by atoms with Crippen LogP contribution in [0.2, 0.25) is 5.02 Å². The van der Waals surface area contributed by atoms with E-state index in [0.717, 1.165) is 36.3 Å². The molecule has 0 atom stereocenters. The third-order valence-electron chi connectivity index (χ3n) is 4.11. The molecule has 0 fully saturated rings. The lowest BCUT2D eigenvalue weighted by Gasteiger charge is -2.14. The highest BCUT2D eigenvalue weighted by Gasteiger charge is 2.11. The Balaban J connectivity index is 1.88. The van der Waals surface area contributed by atoms with E-state index < -0.39 is 0 Å². The van der Waals surface area contributed by atoms with E-state index in [9.17, 15) is 4.79 Å². The minimum Gasteiger partial charge on any atom is -0.497 e. The summed E-state index contributed by atoms with van der Waals surface area (Å²) < 4.78 is 12.6. The van der Waals surface area contributed by atoms with Gasteiger partial charge in [-0.25, -0.2) is 4.68 Å². The second-order valence-electron chi connectivity index (χ2n) is 6.57. The third-order valence-corrected chi connectivity index (χ3v) is 4.48. The number of anilines is 1. The predicted molar refractivity (Wildman–Crippen MR) is 109 cm³/mol. The van der Waals surface area contributed by atoms with Gasteiger partial charge in [0, 0.05) is 6.54 Å². The zero-order valence-corrected chi connectivity index (χ0v) is 17.2. The number of rotatable bonds is 10. The van der Waals surface area contributed by atoms with Crippen molar-refractivity contribution in [2.24, 2.45) is 0 Å². The molecular weight excluding hydrogens is 366 g/mol. The molecule has 1 N–H and O–H groups in total. The molecule has 1 heterocycles. The Labute approximate surface area is 165 Å². The van der Waals surface area contributed by atoms with E-state index in [1.165, 1.54) is 4.68 Å². The highest BCUT2D eigenvalue weighted by atomic mass is 35.5. The Morgan fingerprint density at radius 1 is 1.33 bits per heavy atom. The Kier molecular flexibility index (Phi) is 7.98. The zero-order chi connectivity index (χ0) is 19.8. The van der Waals surface area contributed by atoms with Crippen LogP contribution < -0.4 is 20.3 Å². The standard InChI is InChI=1S/C20H28ClN3O3/c1-5-7-15-12-16(26-4)8-9-18(15)27-11-6-10-22-17-13-23-24(14(2)3)20(25)19(17)21/h8-9,12-14,22H,5-7,10-11H2,1-4H3. The van der Waals surface area contributed by atoms with Gasteiger partial charge in [-0.15, -0.1) is 0 Å². The Hall–Kier alpha value is -2.21. The van der Waals surface area contributed by atoms with E-state index in [1.807, 2.05) is 32.0 Å². The van der Waals surface area contributed by atoms with Gasteiger partial charge in [-0.3, -0.25) is 4.79 Å². The molecule has 0 amide bonds. The van der Waals surface area contributed by atoms with Crippen LogP contribution in [0.5, 0.6) is 11.5 Å². The molecule has 0 spiro atoms. The van der Waals surface area contributed by atoms with Crippen molar-refractivity contribution in [1.82, 2.24) is 9.78 Å². The molecule has 0 aliphatic rings. The molecular formula is C20H28ClN3O3. The van der Waals surface area contributed by atoms with Crippen molar-refractivity contribution >= 4 is 17.3 Å². The molecule has 2 aromatic rings. The molecule has 0 aliphatic carbocycles. The minimum atomic E-state index is -0.282. The maximum absolute atomic E-state index is 12.1. The number of nitrogens with one attached hydrogen (secondary N) is 1. The number of methoxy groups -OCH3 is 1. The van der Waals surface area contributed by atoms with E-state index in [-0.39, 0.29) is 16.6 Å². The summed E-state index contributed by atoms with van der Waals surface area (Å²) in [6.45, 7) is 7.11. The van der Waals surface area contributed by atoms with Crippen LogP contribution in [0.25, 0.3) is 0 Å². The fourth-order valence-electron chi connectivity index (χ4n) is 2.70. The molecule has 0 bridgehead atoms. The highest BCUT2D eigenvalue weighted by molar-refractivity contribution is 6.32. The summed E-state index contributed by atoms with van der Waals surface area (Å²) in [5.41, 5.74) is 1.42. The van der Waals surface area contributed by atoms with E-state index in [2.05, 4.69) is 17.3 Å². The predicted octanol–water partition coefficient (Wildman–Crippen LogP) is 4.32. The average molecular weight is 394 g/mol. The lowest BCUT2D eigenvalue weighted by molar-refractivity contribution is 0.310. The van der Waals surface area contributed by atoms with Crippen molar-refractivity contribution in [2.75, 3.05) is 25.6 Å². The molecule has 1 aromatic heterocycles. The highest BCUT2D eigenvalue weighted by Crippen LogP contribution is 2.25. The van der Waals surface area contributed by atoms with Gasteiger partial charge in [0.2, 0.25) is 0 Å². The smallest absolute Gasteiger partial charge is 0.287 e. The summed E-state index contributed by atoms with van der Waals surface area (Å²) in [5.74, 6) is 1.72. The lowest BCUT2D eigenvalue weighted by Crippen LogP contribution is -2.26. The van der Waals surface area contributed by atoms with E-state index >= 15 is 0 Å². The molecule has 148 valence electrons. The van der Waals surface area contributed by atoms with Gasteiger partial charge in [0.1, 0.15) is 16.5 Å². The normalized spacial score (nSPS) is 10.9. The quantitative estimate of drug-likeness (QED) is 0.609. The van der Waals surface area contributed by atoms with Gasteiger partial charge in [0.15, 0.2) is 0 Å². The van der Waals surface area contributed by atoms with Gasteiger partial charge in [0.05, 0.1) is 31.6 Å². The first-order valence-corrected chi connectivity index (χ1v) is 9.66. The van der Waals surface area contributed by atoms with Crippen LogP contribution in [0, 0.1) is 0 Å². The summed E-state index contributed by atoms with van der Waals surface area (Å²) in [6, 6.07) is 5.84. The third kappa shape index (κ3) is 5.63. The number of ether oxygens (including phenoxy) is 2. The van der Waals surface area contributed by atoms with Gasteiger partial charge >= 0.3 is 0 Å². The molecule has 2 rings (SSSR count). The van der Waals surface area contributed by atoms with E-state index in [0.29, 0.717) is 18.8 Å². The SMILES string of the molecule is CCCc1cc(OC)ccc1OCCCNc1cnn(C(C)C)c(=O)c1Cl. The van der Waals surface area contributed by atoms with Crippen molar-refractivity contribution in [3.05, 3.63) is 45.3 Å². The maximum atomic E-state index is 12.1. The van der Waals surface area contributed by atoms with Crippen LogP contribution in [-0.4, -0.2) is 30.0 Å². The first-order chi connectivity index (χ1) is 13.0. The lowest BCUT2D eigenvalue weighted by atomic mass is 10.1. The number of hydrogen-bond acceptors (Lipinski definition) is 5. The fraction of sp³-hybridized carbons (Fsp3) is 0.500. The van der Waals surface area contributed by atoms with Crippen molar-refractivity contribution < 1.29 is 9.47 Å². The number of benzene rings is 1. The van der Waals surface area contributed by atoms with Crippen LogP contribution >= 0.6 is 11.6 Å². The molecule has 1 aromatic carbocycles. The Morgan fingerprint density at radius 3 is 2.78 bits per heavy atom. The first-order valence-electron chi connectivity index (χ1n) is 9.28. The molecule has 7 heteroatoms. The molecule has 0 unspecified atom stereocenters. The number of hydrogen-bond donors (Lipinski definition) is 1. The topological polar surface area (TPSA) is 65.4 Å². The second kappa shape index (κ2) is 10.2. The zero-order valence-electron chi connectivity index (χ0n) is 16.4. The molecule has 6 nitrogen and oxygen atoms in total. The van der Waals surface area contributed by atoms with Crippen LogP contribution in [0.15, 0.2) is 29.2 Å². The summed E-state index contributed by atoms with van der Waals surface area (Å²) in [7, 11) is 1.66. The molecule has 27 heavy (non-hydrogen) atoms. The van der Waals surface area contributed by atoms with Gasteiger partial charge in [-0.05, 0) is 50.5 Å². The largest absolute Gasteiger partial charge is 0.497 e. The molecule has 0 saturated heterocycles. The summed E-state index contributed by atoms with van der Waals surface area (Å²) in [5, 5.41) is 7.47.